The van der Waals surface area contributed by atoms with E-state index in [9.17, 15) is 0 Å². The number of aromatic nitrogens is 4. The quantitative estimate of drug-likeness (QED) is 0.180. The van der Waals surface area contributed by atoms with Crippen LogP contribution in [0.1, 0.15) is 0 Å². The van der Waals surface area contributed by atoms with Gasteiger partial charge < -0.3 is 13.3 Å². The minimum Gasteiger partial charge on any atom is -0.456 e. The Bertz CT molecular complexity index is 3510. The topological polar surface area (TPSA) is 91.0 Å². The molecule has 256 valence electrons. The third kappa shape index (κ3) is 4.63. The predicted molar refractivity (Wildman–Crippen MR) is 219 cm³/mol. The zero-order chi connectivity index (χ0) is 36.0. The average Bonchev–Trinajstić information content (AvgIpc) is 3.97. The molecule has 0 unspecified atom stereocenters. The normalized spacial score (nSPS) is 12.0. The van der Waals surface area contributed by atoms with E-state index in [0.717, 1.165) is 93.2 Å². The summed E-state index contributed by atoms with van der Waals surface area (Å²) < 4.78 is 19.3. The van der Waals surface area contributed by atoms with E-state index in [1.165, 1.54) is 0 Å². The van der Waals surface area contributed by atoms with Crippen molar-refractivity contribution in [2.45, 2.75) is 0 Å². The Labute approximate surface area is 312 Å². The summed E-state index contributed by atoms with van der Waals surface area (Å²) >= 11 is 0. The molecule has 7 heteroatoms. The number of rotatable bonds is 4. The predicted octanol–water partition coefficient (Wildman–Crippen LogP) is 12.8. The number of hydrogen-bond donors (Lipinski definition) is 0. The highest BCUT2D eigenvalue weighted by atomic mass is 16.4. The molecule has 12 aromatic rings. The van der Waals surface area contributed by atoms with E-state index in [0.29, 0.717) is 28.9 Å². The maximum absolute atomic E-state index is 6.64. The van der Waals surface area contributed by atoms with Crippen molar-refractivity contribution < 1.29 is 13.3 Å². The molecule has 0 amide bonds. The Kier molecular flexibility index (Phi) is 6.21. The minimum absolute atomic E-state index is 0.554. The van der Waals surface area contributed by atoms with Gasteiger partial charge in [0.1, 0.15) is 27.8 Å². The van der Waals surface area contributed by atoms with E-state index in [4.69, 9.17) is 33.2 Å². The van der Waals surface area contributed by atoms with E-state index in [1.807, 2.05) is 84.9 Å². The highest BCUT2D eigenvalue weighted by Gasteiger charge is 2.21. The van der Waals surface area contributed by atoms with Crippen LogP contribution in [-0.4, -0.2) is 19.9 Å². The molecular formula is C48H26N4O3. The first kappa shape index (κ1) is 29.9. The number of furan rings is 2. The van der Waals surface area contributed by atoms with Crippen molar-refractivity contribution in [3.8, 4) is 45.6 Å². The lowest BCUT2D eigenvalue weighted by molar-refractivity contribution is 0.622. The van der Waals surface area contributed by atoms with Gasteiger partial charge in [0.05, 0.1) is 5.39 Å². The molecule has 0 aliphatic carbocycles. The molecule has 0 aliphatic heterocycles. The zero-order valence-electron chi connectivity index (χ0n) is 29.0. The SMILES string of the molecule is c1ccc(-c2nc3ccc4oc5c6cc(-c7nc(-c8ccc9ccccc9c8)nc(-c8cccc9oc%10ccccc%10c89)n7)ccc6ccc5c4c3o2)cc1. The molecule has 0 saturated heterocycles. The van der Waals surface area contributed by atoms with Gasteiger partial charge in [-0.2, -0.15) is 0 Å². The maximum Gasteiger partial charge on any atom is 0.227 e. The van der Waals surface area contributed by atoms with Crippen LogP contribution in [0.2, 0.25) is 0 Å². The molecule has 0 radical (unpaired) electrons. The highest BCUT2D eigenvalue weighted by molar-refractivity contribution is 6.22. The molecule has 0 fully saturated rings. The number of fused-ring (bicyclic) bond motifs is 11. The molecule has 0 spiro atoms. The Morgan fingerprint density at radius 1 is 0.345 bits per heavy atom. The number of nitrogens with zero attached hydrogens (tertiary/aromatic N) is 4. The van der Waals surface area contributed by atoms with Crippen molar-refractivity contribution in [3.63, 3.8) is 0 Å². The molecule has 0 aliphatic rings. The molecule has 7 nitrogen and oxygen atoms in total. The summed E-state index contributed by atoms with van der Waals surface area (Å²) in [7, 11) is 0. The van der Waals surface area contributed by atoms with Gasteiger partial charge in [0.25, 0.3) is 0 Å². The van der Waals surface area contributed by atoms with Gasteiger partial charge in [0, 0.05) is 43.8 Å². The van der Waals surface area contributed by atoms with E-state index in [2.05, 4.69) is 72.8 Å². The Morgan fingerprint density at radius 3 is 1.95 bits per heavy atom. The minimum atomic E-state index is 0.554. The van der Waals surface area contributed by atoms with Crippen molar-refractivity contribution in [2.24, 2.45) is 0 Å². The number of benzene rings is 8. The van der Waals surface area contributed by atoms with Gasteiger partial charge in [-0.1, -0.05) is 103 Å². The summed E-state index contributed by atoms with van der Waals surface area (Å²) in [5.74, 6) is 2.28. The second kappa shape index (κ2) is 11.4. The fourth-order valence-corrected chi connectivity index (χ4v) is 7.91. The summed E-state index contributed by atoms with van der Waals surface area (Å²) in [6, 6.07) is 53.1. The third-order valence-electron chi connectivity index (χ3n) is 10.5. The first-order chi connectivity index (χ1) is 27.2. The Morgan fingerprint density at radius 2 is 1.05 bits per heavy atom. The second-order valence-electron chi connectivity index (χ2n) is 13.8. The molecule has 12 rings (SSSR count). The summed E-state index contributed by atoms with van der Waals surface area (Å²) in [6.45, 7) is 0. The van der Waals surface area contributed by atoms with Crippen LogP contribution in [0.4, 0.5) is 0 Å². The fourth-order valence-electron chi connectivity index (χ4n) is 7.91. The molecular weight excluding hydrogens is 681 g/mol. The van der Waals surface area contributed by atoms with E-state index in [1.54, 1.807) is 0 Å². The molecule has 4 aromatic heterocycles. The molecule has 0 atom stereocenters. The third-order valence-corrected chi connectivity index (χ3v) is 10.5. The van der Waals surface area contributed by atoms with E-state index < -0.39 is 0 Å². The van der Waals surface area contributed by atoms with Crippen LogP contribution in [0.3, 0.4) is 0 Å². The number of hydrogen-bond acceptors (Lipinski definition) is 7. The van der Waals surface area contributed by atoms with Gasteiger partial charge in [0.15, 0.2) is 23.1 Å². The maximum atomic E-state index is 6.64. The largest absolute Gasteiger partial charge is 0.456 e. The van der Waals surface area contributed by atoms with Gasteiger partial charge in [0.2, 0.25) is 5.89 Å². The molecule has 8 aromatic carbocycles. The van der Waals surface area contributed by atoms with Gasteiger partial charge in [-0.15, -0.1) is 0 Å². The fraction of sp³-hybridized carbons (Fsp3) is 0. The van der Waals surface area contributed by atoms with Gasteiger partial charge in [-0.25, -0.2) is 19.9 Å². The van der Waals surface area contributed by atoms with Crippen LogP contribution < -0.4 is 0 Å². The van der Waals surface area contributed by atoms with Crippen LogP contribution in [0.15, 0.2) is 171 Å². The molecule has 4 heterocycles. The van der Waals surface area contributed by atoms with E-state index >= 15 is 0 Å². The Balaban J connectivity index is 1.08. The molecule has 0 saturated carbocycles. The summed E-state index contributed by atoms with van der Waals surface area (Å²) in [6.07, 6.45) is 0. The van der Waals surface area contributed by atoms with Crippen molar-refractivity contribution in [1.82, 2.24) is 19.9 Å². The number of para-hydroxylation sites is 1. The van der Waals surface area contributed by atoms with Crippen molar-refractivity contribution >= 4 is 76.5 Å². The molecule has 0 N–H and O–H groups in total. The smallest absolute Gasteiger partial charge is 0.227 e. The van der Waals surface area contributed by atoms with Gasteiger partial charge in [-0.3, -0.25) is 0 Å². The van der Waals surface area contributed by atoms with Crippen LogP contribution in [0, 0.1) is 0 Å². The molecule has 0 bridgehead atoms. The lowest BCUT2D eigenvalue weighted by Gasteiger charge is -2.10. The number of oxazole rings is 1. The first-order valence-corrected chi connectivity index (χ1v) is 18.1. The van der Waals surface area contributed by atoms with Crippen LogP contribution >= 0.6 is 0 Å². The standard InChI is InChI=1S/C48H26N4O3/c1-2-10-29(11-3-1)48-49-37-23-24-40-42(44(37)55-48)34-22-21-28-18-20-32(26-36(28)43(34)54-40)46-50-45(31-19-17-27-9-4-5-12-30(27)25-31)51-47(52-46)35-14-8-16-39-41(35)33-13-6-7-15-38(33)53-39/h1-26H. The lowest BCUT2D eigenvalue weighted by atomic mass is 10.0. The van der Waals surface area contributed by atoms with E-state index in [-0.39, 0.29) is 0 Å². The Hall–Kier alpha value is -7.64. The monoisotopic (exact) mass is 706 g/mol. The summed E-state index contributed by atoms with van der Waals surface area (Å²) in [4.78, 5) is 20.3. The zero-order valence-corrected chi connectivity index (χ0v) is 29.0. The molecule has 55 heavy (non-hydrogen) atoms. The van der Waals surface area contributed by atoms with Crippen LogP contribution in [-0.2, 0) is 0 Å². The van der Waals surface area contributed by atoms with Crippen molar-refractivity contribution in [1.29, 1.82) is 0 Å². The summed E-state index contributed by atoms with van der Waals surface area (Å²) in [5, 5.41) is 8.07. The first-order valence-electron chi connectivity index (χ1n) is 18.1. The summed E-state index contributed by atoms with van der Waals surface area (Å²) in [5.41, 5.74) is 8.11. The van der Waals surface area contributed by atoms with Gasteiger partial charge in [-0.05, 0) is 70.8 Å². The van der Waals surface area contributed by atoms with Crippen LogP contribution in [0.5, 0.6) is 0 Å². The highest BCUT2D eigenvalue weighted by Crippen LogP contribution is 2.41. The lowest BCUT2D eigenvalue weighted by Crippen LogP contribution is -2.00. The van der Waals surface area contributed by atoms with Crippen molar-refractivity contribution in [2.75, 3.05) is 0 Å². The van der Waals surface area contributed by atoms with Crippen molar-refractivity contribution in [3.05, 3.63) is 158 Å². The average molecular weight is 707 g/mol. The van der Waals surface area contributed by atoms with Crippen LogP contribution in [0.25, 0.3) is 122 Å². The van der Waals surface area contributed by atoms with Gasteiger partial charge >= 0.3 is 0 Å². The second-order valence-corrected chi connectivity index (χ2v) is 13.8.